The molecule has 3 heteroatoms. The van der Waals surface area contributed by atoms with Gasteiger partial charge in [-0.2, -0.15) is 0 Å². The van der Waals surface area contributed by atoms with Gasteiger partial charge >= 0.3 is 5.97 Å². The van der Waals surface area contributed by atoms with Gasteiger partial charge in [0, 0.05) is 18.1 Å². The maximum Gasteiger partial charge on any atom is 0.328 e. The molecule has 0 radical (unpaired) electrons. The van der Waals surface area contributed by atoms with Crippen molar-refractivity contribution >= 4 is 11.5 Å². The van der Waals surface area contributed by atoms with Crippen molar-refractivity contribution in [1.82, 2.24) is 0 Å². The van der Waals surface area contributed by atoms with Crippen molar-refractivity contribution in [2.75, 3.05) is 0 Å². The van der Waals surface area contributed by atoms with Crippen LogP contribution in [0.3, 0.4) is 0 Å². The molecule has 3 nitrogen and oxygen atoms in total. The molecule has 1 saturated carbocycles. The van der Waals surface area contributed by atoms with Crippen molar-refractivity contribution < 1.29 is 14.6 Å². The molecule has 0 aromatic heterocycles. The predicted octanol–water partition coefficient (Wildman–Crippen LogP) is 3.81. The van der Waals surface area contributed by atoms with Gasteiger partial charge in [-0.25, -0.2) is 4.79 Å². The lowest BCUT2D eigenvalue weighted by Gasteiger charge is -2.37. The molecular formula is C17H20O3. The Balaban J connectivity index is 2.07. The number of hydrogen-bond donors (Lipinski definition) is 1. The number of aliphatic carboxylic acids is 1. The summed E-state index contributed by atoms with van der Waals surface area (Å²) in [6.07, 6.45) is 7.42. The molecule has 1 heterocycles. The maximum absolute atomic E-state index is 11.1. The van der Waals surface area contributed by atoms with Gasteiger partial charge < -0.3 is 9.84 Å². The molecule has 1 fully saturated rings. The molecule has 0 atom stereocenters. The maximum atomic E-state index is 11.1. The first-order valence-electron chi connectivity index (χ1n) is 7.38. The van der Waals surface area contributed by atoms with Crippen LogP contribution in [-0.2, 0) is 11.2 Å². The summed E-state index contributed by atoms with van der Waals surface area (Å²) in [4.78, 5) is 11.1. The summed E-state index contributed by atoms with van der Waals surface area (Å²) in [6.45, 7) is 2.10. The molecule has 1 aliphatic heterocycles. The molecule has 106 valence electrons. The van der Waals surface area contributed by atoms with Crippen LogP contribution < -0.4 is 4.74 Å². The van der Waals surface area contributed by atoms with E-state index in [4.69, 9.17) is 9.84 Å². The molecule has 1 aliphatic carbocycles. The number of ether oxygens (including phenoxy) is 1. The first kappa shape index (κ1) is 13.2. The fourth-order valence-electron chi connectivity index (χ4n) is 3.42. The standard InChI is InChI=1S/C17H20O3/c1-2-12-5-6-15-14(9-12)13(10-16(18)19)11-17(20-15)7-3-4-8-17/h5-6,9-10H,2-4,7-8,11H2,1H3,(H,18,19)/b13-10+. The van der Waals surface area contributed by atoms with E-state index in [-0.39, 0.29) is 5.60 Å². The number of carboxylic acids is 1. The van der Waals surface area contributed by atoms with Gasteiger partial charge in [0.05, 0.1) is 0 Å². The fourth-order valence-corrected chi connectivity index (χ4v) is 3.42. The Morgan fingerprint density at radius 1 is 1.40 bits per heavy atom. The number of carbonyl (C=O) groups is 1. The summed E-state index contributed by atoms with van der Waals surface area (Å²) >= 11 is 0. The highest BCUT2D eigenvalue weighted by molar-refractivity contribution is 5.91. The Hall–Kier alpha value is -1.77. The fraction of sp³-hybridized carbons (Fsp3) is 0.471. The first-order valence-corrected chi connectivity index (χ1v) is 7.38. The van der Waals surface area contributed by atoms with Crippen molar-refractivity contribution in [2.45, 2.75) is 51.0 Å². The largest absolute Gasteiger partial charge is 0.486 e. The Bertz CT molecular complexity index is 566. The minimum absolute atomic E-state index is 0.165. The molecule has 0 bridgehead atoms. The van der Waals surface area contributed by atoms with Crippen LogP contribution in [-0.4, -0.2) is 16.7 Å². The Morgan fingerprint density at radius 2 is 2.15 bits per heavy atom. The highest BCUT2D eigenvalue weighted by Crippen LogP contribution is 2.47. The Morgan fingerprint density at radius 3 is 2.80 bits per heavy atom. The number of rotatable bonds is 2. The molecule has 1 spiro atoms. The van der Waals surface area contributed by atoms with Crippen LogP contribution in [0.15, 0.2) is 24.3 Å². The Labute approximate surface area is 119 Å². The first-order chi connectivity index (χ1) is 9.62. The van der Waals surface area contributed by atoms with Gasteiger partial charge in [-0.1, -0.05) is 13.0 Å². The molecule has 2 aliphatic rings. The van der Waals surface area contributed by atoms with Crippen LogP contribution in [0.4, 0.5) is 0 Å². The molecule has 1 aromatic rings. The van der Waals surface area contributed by atoms with E-state index in [2.05, 4.69) is 19.1 Å². The highest BCUT2D eigenvalue weighted by Gasteiger charge is 2.41. The summed E-state index contributed by atoms with van der Waals surface area (Å²) < 4.78 is 6.26. The Kier molecular flexibility index (Phi) is 3.28. The van der Waals surface area contributed by atoms with Crippen LogP contribution >= 0.6 is 0 Å². The van der Waals surface area contributed by atoms with Crippen LogP contribution in [0.2, 0.25) is 0 Å². The summed E-state index contributed by atoms with van der Waals surface area (Å²) in [5.74, 6) is -0.0225. The topological polar surface area (TPSA) is 46.5 Å². The van der Waals surface area contributed by atoms with Gasteiger partial charge in [-0.15, -0.1) is 0 Å². The van der Waals surface area contributed by atoms with Gasteiger partial charge in [0.15, 0.2) is 0 Å². The lowest BCUT2D eigenvalue weighted by Crippen LogP contribution is -2.36. The molecule has 20 heavy (non-hydrogen) atoms. The lowest BCUT2D eigenvalue weighted by atomic mass is 9.85. The van der Waals surface area contributed by atoms with Crippen molar-refractivity contribution in [3.05, 3.63) is 35.4 Å². The second kappa shape index (κ2) is 4.97. The zero-order valence-electron chi connectivity index (χ0n) is 11.8. The lowest BCUT2D eigenvalue weighted by molar-refractivity contribution is -0.131. The van der Waals surface area contributed by atoms with Crippen LogP contribution in [0.5, 0.6) is 5.75 Å². The molecule has 1 N–H and O–H groups in total. The molecule has 0 amide bonds. The van der Waals surface area contributed by atoms with Crippen molar-refractivity contribution in [1.29, 1.82) is 0 Å². The number of aryl methyl sites for hydroxylation is 1. The number of carboxylic acid groups (broad SMARTS) is 1. The summed E-state index contributed by atoms with van der Waals surface area (Å²) in [5, 5.41) is 9.13. The van der Waals surface area contributed by atoms with Crippen molar-refractivity contribution in [3.63, 3.8) is 0 Å². The van der Waals surface area contributed by atoms with Gasteiger partial charge in [-0.05, 0) is 55.4 Å². The highest BCUT2D eigenvalue weighted by atomic mass is 16.5. The molecule has 0 saturated heterocycles. The second-order valence-electron chi connectivity index (χ2n) is 5.86. The van der Waals surface area contributed by atoms with Crippen molar-refractivity contribution in [3.8, 4) is 5.75 Å². The number of fused-ring (bicyclic) bond motifs is 1. The summed E-state index contributed by atoms with van der Waals surface area (Å²) in [7, 11) is 0. The summed E-state index contributed by atoms with van der Waals surface area (Å²) in [6, 6.07) is 6.15. The van der Waals surface area contributed by atoms with Gasteiger partial charge in [0.2, 0.25) is 0 Å². The SMILES string of the molecule is CCc1ccc2c(c1)/C(=C/C(=O)O)CC1(CCCC1)O2. The second-order valence-corrected chi connectivity index (χ2v) is 5.86. The summed E-state index contributed by atoms with van der Waals surface area (Å²) in [5.41, 5.74) is 2.92. The van der Waals surface area contributed by atoms with Crippen LogP contribution in [0, 0.1) is 0 Å². The third-order valence-corrected chi connectivity index (χ3v) is 4.45. The zero-order chi connectivity index (χ0) is 14.2. The average molecular weight is 272 g/mol. The van der Waals surface area contributed by atoms with E-state index in [1.807, 2.05) is 6.07 Å². The van der Waals surface area contributed by atoms with E-state index in [1.165, 1.54) is 24.5 Å². The van der Waals surface area contributed by atoms with E-state index in [0.29, 0.717) is 0 Å². The van der Waals surface area contributed by atoms with E-state index in [0.717, 1.165) is 42.6 Å². The third-order valence-electron chi connectivity index (χ3n) is 4.45. The van der Waals surface area contributed by atoms with Gasteiger partial charge in [0.1, 0.15) is 11.4 Å². The quantitative estimate of drug-likeness (QED) is 0.833. The van der Waals surface area contributed by atoms with Crippen LogP contribution in [0.1, 0.15) is 50.2 Å². The van der Waals surface area contributed by atoms with E-state index in [1.54, 1.807) is 0 Å². The number of benzene rings is 1. The smallest absolute Gasteiger partial charge is 0.328 e. The number of hydrogen-bond acceptors (Lipinski definition) is 2. The van der Waals surface area contributed by atoms with Crippen molar-refractivity contribution in [2.24, 2.45) is 0 Å². The van der Waals surface area contributed by atoms with Gasteiger partial charge in [0.25, 0.3) is 0 Å². The monoisotopic (exact) mass is 272 g/mol. The van der Waals surface area contributed by atoms with E-state index in [9.17, 15) is 4.79 Å². The van der Waals surface area contributed by atoms with Crippen LogP contribution in [0.25, 0.3) is 5.57 Å². The minimum atomic E-state index is -0.872. The predicted molar refractivity (Wildman–Crippen MR) is 77.9 cm³/mol. The normalized spacial score (nSPS) is 21.8. The zero-order valence-corrected chi connectivity index (χ0v) is 11.8. The molecule has 3 rings (SSSR count). The molecule has 1 aromatic carbocycles. The molecule has 0 unspecified atom stereocenters. The van der Waals surface area contributed by atoms with E-state index < -0.39 is 5.97 Å². The average Bonchev–Trinajstić information content (AvgIpc) is 2.85. The van der Waals surface area contributed by atoms with Gasteiger partial charge in [-0.3, -0.25) is 0 Å². The molecular weight excluding hydrogens is 252 g/mol. The third kappa shape index (κ3) is 2.33. The minimum Gasteiger partial charge on any atom is -0.486 e. The van der Waals surface area contributed by atoms with E-state index >= 15 is 0 Å².